The molecular formula is C38H35N3O. The number of aryl methyl sites for hydroxylation is 1. The van der Waals surface area contributed by atoms with Gasteiger partial charge in [-0.2, -0.15) is 0 Å². The zero-order valence-corrected chi connectivity index (χ0v) is 24.2. The standard InChI is InChI=1S/C38H35N3O/c1-3-40-34-22-14-13-21-32(34)36-35(40)24-23-28(37(36)42)25-33-27(2)41(26-39-33)38(29-15-7-4-8-16-29,30-17-9-5-10-18-30)31-19-11-6-12-20-31/h4-22,26,28H,3,23-25H2,1-2H3. The lowest BCUT2D eigenvalue weighted by atomic mass is 9.76. The lowest BCUT2D eigenvalue weighted by Crippen LogP contribution is -2.38. The number of aromatic nitrogens is 3. The molecule has 1 aliphatic carbocycles. The van der Waals surface area contributed by atoms with Gasteiger partial charge in [0.25, 0.3) is 0 Å². The van der Waals surface area contributed by atoms with E-state index in [1.165, 1.54) is 22.4 Å². The number of imidazole rings is 1. The number of benzene rings is 4. The van der Waals surface area contributed by atoms with E-state index in [4.69, 9.17) is 4.98 Å². The highest BCUT2D eigenvalue weighted by molar-refractivity contribution is 6.11. The van der Waals surface area contributed by atoms with Crippen LogP contribution in [0, 0.1) is 12.8 Å². The fraction of sp³-hybridized carbons (Fsp3) is 0.211. The molecule has 7 rings (SSSR count). The molecule has 0 N–H and O–H groups in total. The number of carbonyl (C=O) groups excluding carboxylic acids is 1. The third-order valence-corrected chi connectivity index (χ3v) is 9.23. The number of rotatable bonds is 7. The lowest BCUT2D eigenvalue weighted by molar-refractivity contribution is 0.0901. The molecule has 1 aliphatic rings. The molecule has 4 nitrogen and oxygen atoms in total. The van der Waals surface area contributed by atoms with Gasteiger partial charge in [-0.25, -0.2) is 4.98 Å². The first-order chi connectivity index (χ1) is 20.6. The number of carbonyl (C=O) groups is 1. The summed E-state index contributed by atoms with van der Waals surface area (Å²) in [6.45, 7) is 5.20. The van der Waals surface area contributed by atoms with E-state index in [2.05, 4.69) is 132 Å². The average Bonchev–Trinajstić information content (AvgIpc) is 3.58. The van der Waals surface area contributed by atoms with E-state index in [9.17, 15) is 4.79 Å². The van der Waals surface area contributed by atoms with Gasteiger partial charge in [0.2, 0.25) is 0 Å². The van der Waals surface area contributed by atoms with Crippen LogP contribution in [0.1, 0.15) is 57.5 Å². The SMILES string of the molecule is CCn1c2c(c3ccccc31)C(=O)C(Cc1ncn(C(c3ccccc3)(c3ccccc3)c3ccccc3)c1C)CC2. The van der Waals surface area contributed by atoms with Gasteiger partial charge in [-0.3, -0.25) is 4.79 Å². The summed E-state index contributed by atoms with van der Waals surface area (Å²) in [6.07, 6.45) is 4.38. The Labute approximate surface area is 247 Å². The first-order valence-electron chi connectivity index (χ1n) is 15.0. The molecule has 1 unspecified atom stereocenters. The highest BCUT2D eigenvalue weighted by Gasteiger charge is 2.40. The third kappa shape index (κ3) is 3.97. The average molecular weight is 550 g/mol. The van der Waals surface area contributed by atoms with Gasteiger partial charge in [-0.05, 0) is 49.4 Å². The normalized spacial score (nSPS) is 15.2. The van der Waals surface area contributed by atoms with Crippen molar-refractivity contribution in [2.24, 2.45) is 5.92 Å². The minimum absolute atomic E-state index is 0.0877. The third-order valence-electron chi connectivity index (χ3n) is 9.23. The highest BCUT2D eigenvalue weighted by atomic mass is 16.1. The van der Waals surface area contributed by atoms with Crippen molar-refractivity contribution in [3.63, 3.8) is 0 Å². The Kier molecular flexibility index (Phi) is 6.62. The summed E-state index contributed by atoms with van der Waals surface area (Å²) in [7, 11) is 0. The quantitative estimate of drug-likeness (QED) is 0.189. The number of nitrogens with zero attached hydrogens (tertiary/aromatic N) is 3. The van der Waals surface area contributed by atoms with Crippen LogP contribution in [0.2, 0.25) is 0 Å². The highest BCUT2D eigenvalue weighted by Crippen LogP contribution is 2.42. The Morgan fingerprint density at radius 3 is 1.90 bits per heavy atom. The van der Waals surface area contributed by atoms with Gasteiger partial charge in [0.05, 0.1) is 12.0 Å². The number of para-hydroxylation sites is 1. The molecule has 2 heterocycles. The molecule has 4 heteroatoms. The van der Waals surface area contributed by atoms with Crippen molar-refractivity contribution in [2.45, 2.75) is 45.2 Å². The zero-order chi connectivity index (χ0) is 28.7. The van der Waals surface area contributed by atoms with Crippen LogP contribution in [0.4, 0.5) is 0 Å². The summed E-state index contributed by atoms with van der Waals surface area (Å²) in [5.74, 6) is 0.171. The topological polar surface area (TPSA) is 39.8 Å². The fourth-order valence-corrected chi connectivity index (χ4v) is 7.27. The first kappa shape index (κ1) is 26.2. The minimum atomic E-state index is -0.614. The van der Waals surface area contributed by atoms with Crippen molar-refractivity contribution in [3.05, 3.63) is 161 Å². The minimum Gasteiger partial charge on any atom is -0.344 e. The molecule has 1 atom stereocenters. The predicted octanol–water partition coefficient (Wildman–Crippen LogP) is 7.99. The van der Waals surface area contributed by atoms with Gasteiger partial charge in [-0.15, -0.1) is 0 Å². The van der Waals surface area contributed by atoms with Crippen LogP contribution < -0.4 is 0 Å². The van der Waals surface area contributed by atoms with Crippen molar-refractivity contribution in [3.8, 4) is 0 Å². The predicted molar refractivity (Wildman–Crippen MR) is 169 cm³/mol. The van der Waals surface area contributed by atoms with Crippen molar-refractivity contribution < 1.29 is 4.79 Å². The zero-order valence-electron chi connectivity index (χ0n) is 24.2. The van der Waals surface area contributed by atoms with Gasteiger partial charge in [0, 0.05) is 46.7 Å². The van der Waals surface area contributed by atoms with E-state index in [-0.39, 0.29) is 11.7 Å². The van der Waals surface area contributed by atoms with Crippen LogP contribution in [0.15, 0.2) is 122 Å². The van der Waals surface area contributed by atoms with Crippen molar-refractivity contribution in [1.29, 1.82) is 0 Å². The maximum Gasteiger partial charge on any atom is 0.168 e. The molecule has 0 radical (unpaired) electrons. The Balaban J connectivity index is 1.34. The van der Waals surface area contributed by atoms with Crippen molar-refractivity contribution in [2.75, 3.05) is 0 Å². The van der Waals surface area contributed by atoms with E-state index in [1.807, 2.05) is 12.4 Å². The maximum absolute atomic E-state index is 14.1. The van der Waals surface area contributed by atoms with Gasteiger partial charge >= 0.3 is 0 Å². The summed E-state index contributed by atoms with van der Waals surface area (Å²) in [5, 5.41) is 1.09. The number of hydrogen-bond acceptors (Lipinski definition) is 2. The van der Waals surface area contributed by atoms with Crippen LogP contribution in [-0.4, -0.2) is 19.9 Å². The lowest BCUT2D eigenvalue weighted by Gasteiger charge is -2.38. The van der Waals surface area contributed by atoms with Crippen LogP contribution in [0.5, 0.6) is 0 Å². The summed E-state index contributed by atoms with van der Waals surface area (Å²) in [5.41, 5.74) is 8.24. The maximum atomic E-state index is 14.1. The number of ketones is 1. The molecule has 6 aromatic rings. The molecule has 4 aromatic carbocycles. The van der Waals surface area contributed by atoms with Crippen LogP contribution in [0.3, 0.4) is 0 Å². The molecule has 0 spiro atoms. The monoisotopic (exact) mass is 549 g/mol. The Bertz CT molecular complexity index is 1770. The van der Waals surface area contributed by atoms with E-state index in [0.717, 1.165) is 47.2 Å². The van der Waals surface area contributed by atoms with Crippen LogP contribution in [-0.2, 0) is 24.9 Å². The van der Waals surface area contributed by atoms with Crippen molar-refractivity contribution in [1.82, 2.24) is 14.1 Å². The Morgan fingerprint density at radius 2 is 1.33 bits per heavy atom. The van der Waals surface area contributed by atoms with E-state index in [0.29, 0.717) is 6.42 Å². The summed E-state index contributed by atoms with van der Waals surface area (Å²) >= 11 is 0. The van der Waals surface area contributed by atoms with Crippen LogP contribution in [0.25, 0.3) is 10.9 Å². The molecule has 0 fully saturated rings. The van der Waals surface area contributed by atoms with E-state index < -0.39 is 5.54 Å². The van der Waals surface area contributed by atoms with Gasteiger partial charge < -0.3 is 9.13 Å². The molecule has 2 aromatic heterocycles. The number of Topliss-reactive ketones (excluding diaryl/α,β-unsaturated/α-hetero) is 1. The summed E-state index contributed by atoms with van der Waals surface area (Å²) in [4.78, 5) is 19.1. The Hall–Kier alpha value is -4.70. The smallest absolute Gasteiger partial charge is 0.168 e. The second-order valence-corrected chi connectivity index (χ2v) is 11.3. The molecule has 0 saturated heterocycles. The molecule has 0 aliphatic heterocycles. The second-order valence-electron chi connectivity index (χ2n) is 11.3. The van der Waals surface area contributed by atoms with Gasteiger partial charge in [-0.1, -0.05) is 109 Å². The van der Waals surface area contributed by atoms with Crippen molar-refractivity contribution >= 4 is 16.7 Å². The molecule has 0 amide bonds. The number of fused-ring (bicyclic) bond motifs is 3. The largest absolute Gasteiger partial charge is 0.344 e. The van der Waals surface area contributed by atoms with Gasteiger partial charge in [0.15, 0.2) is 5.78 Å². The molecule has 0 saturated carbocycles. The summed E-state index contributed by atoms with van der Waals surface area (Å²) in [6, 6.07) is 40.4. The van der Waals surface area contributed by atoms with E-state index >= 15 is 0 Å². The van der Waals surface area contributed by atoms with Crippen LogP contribution >= 0.6 is 0 Å². The van der Waals surface area contributed by atoms with E-state index in [1.54, 1.807) is 0 Å². The van der Waals surface area contributed by atoms with Gasteiger partial charge in [0.1, 0.15) is 5.54 Å². The second kappa shape index (κ2) is 10.6. The molecule has 42 heavy (non-hydrogen) atoms. The summed E-state index contributed by atoms with van der Waals surface area (Å²) < 4.78 is 4.65. The molecular weight excluding hydrogens is 514 g/mol. The number of hydrogen-bond donors (Lipinski definition) is 0. The molecule has 0 bridgehead atoms. The first-order valence-corrected chi connectivity index (χ1v) is 15.0. The molecule has 208 valence electrons. The Morgan fingerprint density at radius 1 is 0.786 bits per heavy atom. The fourth-order valence-electron chi connectivity index (χ4n) is 7.27.